The van der Waals surface area contributed by atoms with Crippen LogP contribution in [0.15, 0.2) is 11.6 Å². The standard InChI is InChI=1S/C16H24O2/c1-10(2)9-16(18-11(3)17)14-5-12-4-13(7-14)8-15(16)6-12/h9,12-15H,4-8H2,1-3H3. The van der Waals surface area contributed by atoms with E-state index in [9.17, 15) is 4.79 Å². The molecule has 0 atom stereocenters. The van der Waals surface area contributed by atoms with Crippen LogP contribution >= 0.6 is 0 Å². The quantitative estimate of drug-likeness (QED) is 0.550. The van der Waals surface area contributed by atoms with Crippen LogP contribution in [0.25, 0.3) is 0 Å². The molecule has 0 aromatic rings. The molecule has 0 N–H and O–H groups in total. The van der Waals surface area contributed by atoms with Crippen molar-refractivity contribution in [2.45, 2.75) is 58.5 Å². The fourth-order valence-electron chi connectivity index (χ4n) is 5.05. The van der Waals surface area contributed by atoms with E-state index in [0.29, 0.717) is 11.8 Å². The summed E-state index contributed by atoms with van der Waals surface area (Å²) in [7, 11) is 0. The molecule has 0 aromatic carbocycles. The Kier molecular flexibility index (Phi) is 2.80. The third-order valence-electron chi connectivity index (χ3n) is 5.25. The van der Waals surface area contributed by atoms with Gasteiger partial charge in [0.2, 0.25) is 0 Å². The molecule has 0 amide bonds. The molecule has 2 nitrogen and oxygen atoms in total. The lowest BCUT2D eigenvalue weighted by Crippen LogP contribution is -2.58. The molecule has 2 heteroatoms. The molecule has 0 radical (unpaired) electrons. The molecule has 0 saturated heterocycles. The Morgan fingerprint density at radius 1 is 1.00 bits per heavy atom. The van der Waals surface area contributed by atoms with Crippen LogP contribution in [0.4, 0.5) is 0 Å². The number of rotatable bonds is 2. The smallest absolute Gasteiger partial charge is 0.303 e. The molecule has 0 unspecified atom stereocenters. The van der Waals surface area contributed by atoms with Gasteiger partial charge in [-0.1, -0.05) is 5.57 Å². The van der Waals surface area contributed by atoms with Gasteiger partial charge in [-0.05, 0) is 63.9 Å². The molecule has 0 aliphatic heterocycles. The first-order valence-corrected chi connectivity index (χ1v) is 7.35. The van der Waals surface area contributed by atoms with E-state index in [1.54, 1.807) is 6.92 Å². The molecule has 4 bridgehead atoms. The van der Waals surface area contributed by atoms with Crippen LogP contribution < -0.4 is 0 Å². The highest BCUT2D eigenvalue weighted by molar-refractivity contribution is 5.67. The van der Waals surface area contributed by atoms with Gasteiger partial charge in [0.1, 0.15) is 5.60 Å². The first kappa shape index (κ1) is 12.3. The van der Waals surface area contributed by atoms with E-state index in [1.165, 1.54) is 37.7 Å². The van der Waals surface area contributed by atoms with Crippen molar-refractivity contribution >= 4 is 5.97 Å². The van der Waals surface area contributed by atoms with E-state index in [4.69, 9.17) is 4.74 Å². The zero-order chi connectivity index (χ0) is 12.9. The maximum absolute atomic E-state index is 11.6. The van der Waals surface area contributed by atoms with Crippen LogP contribution in [0.1, 0.15) is 52.9 Å². The average Bonchev–Trinajstić information content (AvgIpc) is 2.23. The first-order valence-electron chi connectivity index (χ1n) is 7.35. The average molecular weight is 248 g/mol. The molecule has 100 valence electrons. The van der Waals surface area contributed by atoms with Crippen LogP contribution in [0.3, 0.4) is 0 Å². The molecule has 0 spiro atoms. The minimum Gasteiger partial charge on any atom is -0.454 e. The monoisotopic (exact) mass is 248 g/mol. The summed E-state index contributed by atoms with van der Waals surface area (Å²) in [6.45, 7) is 5.80. The zero-order valence-corrected chi connectivity index (χ0v) is 11.7. The molecule has 4 aliphatic rings. The second kappa shape index (κ2) is 4.11. The van der Waals surface area contributed by atoms with Gasteiger partial charge in [0.15, 0.2) is 0 Å². The molecular formula is C16H24O2. The molecule has 4 rings (SSSR count). The Balaban J connectivity index is 1.98. The lowest BCUT2D eigenvalue weighted by atomic mass is 9.49. The normalized spacial score (nSPS) is 44.8. The van der Waals surface area contributed by atoms with Crippen molar-refractivity contribution in [3.63, 3.8) is 0 Å². The summed E-state index contributed by atoms with van der Waals surface area (Å²) >= 11 is 0. The summed E-state index contributed by atoms with van der Waals surface area (Å²) in [6.07, 6.45) is 8.77. The predicted octanol–water partition coefficient (Wildman–Crippen LogP) is 3.71. The lowest BCUT2D eigenvalue weighted by molar-refractivity contribution is -0.191. The van der Waals surface area contributed by atoms with Crippen molar-refractivity contribution in [1.82, 2.24) is 0 Å². The molecule has 0 aromatic heterocycles. The van der Waals surface area contributed by atoms with Gasteiger partial charge in [-0.15, -0.1) is 0 Å². The summed E-state index contributed by atoms with van der Waals surface area (Å²) in [5.74, 6) is 2.85. The minimum absolute atomic E-state index is 0.111. The highest BCUT2D eigenvalue weighted by Crippen LogP contribution is 2.60. The summed E-state index contributed by atoms with van der Waals surface area (Å²) in [5.41, 5.74) is 1.02. The molecule has 4 saturated carbocycles. The van der Waals surface area contributed by atoms with Crippen molar-refractivity contribution in [1.29, 1.82) is 0 Å². The predicted molar refractivity (Wildman–Crippen MR) is 71.0 cm³/mol. The van der Waals surface area contributed by atoms with E-state index in [-0.39, 0.29) is 11.6 Å². The highest BCUT2D eigenvalue weighted by Gasteiger charge is 2.58. The number of allylic oxidation sites excluding steroid dienone is 1. The number of ether oxygens (including phenoxy) is 1. The molecule has 0 heterocycles. The van der Waals surface area contributed by atoms with Crippen molar-refractivity contribution in [3.8, 4) is 0 Å². The van der Waals surface area contributed by atoms with Gasteiger partial charge >= 0.3 is 5.97 Å². The van der Waals surface area contributed by atoms with E-state index in [2.05, 4.69) is 19.9 Å². The Hall–Kier alpha value is -0.790. The highest BCUT2D eigenvalue weighted by atomic mass is 16.6. The van der Waals surface area contributed by atoms with Crippen LogP contribution in [-0.2, 0) is 9.53 Å². The number of carbonyl (C=O) groups is 1. The summed E-state index contributed by atoms with van der Waals surface area (Å²) in [6, 6.07) is 0. The number of carbonyl (C=O) groups excluding carboxylic acids is 1. The Bertz CT molecular complexity index is 362. The Morgan fingerprint density at radius 3 is 1.89 bits per heavy atom. The minimum atomic E-state index is -0.266. The second-order valence-corrected chi connectivity index (χ2v) is 6.97. The molecule has 18 heavy (non-hydrogen) atoms. The van der Waals surface area contributed by atoms with Gasteiger partial charge in [0.05, 0.1) is 0 Å². The SMILES string of the molecule is CC(=O)OC1(C=C(C)C)C2CC3CC(C2)CC1C3. The van der Waals surface area contributed by atoms with Crippen molar-refractivity contribution in [2.75, 3.05) is 0 Å². The van der Waals surface area contributed by atoms with Gasteiger partial charge in [-0.2, -0.15) is 0 Å². The van der Waals surface area contributed by atoms with Crippen molar-refractivity contribution < 1.29 is 9.53 Å². The number of hydrogen-bond acceptors (Lipinski definition) is 2. The Morgan fingerprint density at radius 2 is 1.50 bits per heavy atom. The van der Waals surface area contributed by atoms with Gasteiger partial charge in [-0.25, -0.2) is 0 Å². The van der Waals surface area contributed by atoms with E-state index in [0.717, 1.165) is 11.8 Å². The topological polar surface area (TPSA) is 26.3 Å². The van der Waals surface area contributed by atoms with Gasteiger partial charge in [-0.3, -0.25) is 4.79 Å². The van der Waals surface area contributed by atoms with Crippen LogP contribution in [0.2, 0.25) is 0 Å². The fourth-order valence-corrected chi connectivity index (χ4v) is 5.05. The third kappa shape index (κ3) is 1.81. The van der Waals surface area contributed by atoms with E-state index >= 15 is 0 Å². The largest absolute Gasteiger partial charge is 0.454 e. The zero-order valence-electron chi connectivity index (χ0n) is 11.7. The van der Waals surface area contributed by atoms with Crippen LogP contribution in [0, 0.1) is 23.7 Å². The maximum atomic E-state index is 11.6. The van der Waals surface area contributed by atoms with Gasteiger partial charge in [0, 0.05) is 18.8 Å². The van der Waals surface area contributed by atoms with Crippen molar-refractivity contribution in [2.24, 2.45) is 23.7 Å². The van der Waals surface area contributed by atoms with Crippen LogP contribution in [0.5, 0.6) is 0 Å². The van der Waals surface area contributed by atoms with Crippen molar-refractivity contribution in [3.05, 3.63) is 11.6 Å². The maximum Gasteiger partial charge on any atom is 0.303 e. The first-order chi connectivity index (χ1) is 8.49. The Labute approximate surface area is 110 Å². The lowest BCUT2D eigenvalue weighted by Gasteiger charge is -2.59. The number of esters is 1. The molecular weight excluding hydrogens is 224 g/mol. The van der Waals surface area contributed by atoms with E-state index < -0.39 is 0 Å². The fraction of sp³-hybridized carbons (Fsp3) is 0.812. The summed E-state index contributed by atoms with van der Waals surface area (Å²) in [4.78, 5) is 11.6. The third-order valence-corrected chi connectivity index (χ3v) is 5.25. The summed E-state index contributed by atoms with van der Waals surface area (Å²) in [5, 5.41) is 0. The van der Waals surface area contributed by atoms with Gasteiger partial charge in [0.25, 0.3) is 0 Å². The summed E-state index contributed by atoms with van der Waals surface area (Å²) < 4.78 is 5.91. The number of hydrogen-bond donors (Lipinski definition) is 0. The molecule has 4 fully saturated rings. The second-order valence-electron chi connectivity index (χ2n) is 6.97. The molecule has 4 aliphatic carbocycles. The van der Waals surface area contributed by atoms with Gasteiger partial charge < -0.3 is 4.74 Å². The van der Waals surface area contributed by atoms with E-state index in [1.807, 2.05) is 0 Å². The van der Waals surface area contributed by atoms with Crippen LogP contribution in [-0.4, -0.2) is 11.6 Å².